The fraction of sp³-hybridized carbons (Fsp3) is 0.643. The molecule has 2 saturated heterocycles. The highest BCUT2D eigenvalue weighted by molar-refractivity contribution is 5.79. The Hall–Kier alpha value is -1.69. The predicted molar refractivity (Wildman–Crippen MR) is 71.3 cm³/mol. The molecule has 6 nitrogen and oxygen atoms in total. The third-order valence-corrected chi connectivity index (χ3v) is 3.80. The molecule has 1 amide bonds. The summed E-state index contributed by atoms with van der Waals surface area (Å²) in [6.07, 6.45) is 1.69. The van der Waals surface area contributed by atoms with Gasteiger partial charge in [-0.15, -0.1) is 5.10 Å². The zero-order chi connectivity index (χ0) is 13.9. The van der Waals surface area contributed by atoms with Gasteiger partial charge in [0, 0.05) is 25.6 Å². The van der Waals surface area contributed by atoms with Crippen molar-refractivity contribution >= 4 is 5.91 Å². The van der Waals surface area contributed by atoms with Crippen LogP contribution in [0.2, 0.25) is 0 Å². The van der Waals surface area contributed by atoms with E-state index in [1.165, 1.54) is 0 Å². The summed E-state index contributed by atoms with van der Waals surface area (Å²) in [5, 5.41) is 7.96. The quantitative estimate of drug-likeness (QED) is 0.817. The summed E-state index contributed by atoms with van der Waals surface area (Å²) in [4.78, 5) is 14.1. The van der Waals surface area contributed by atoms with Gasteiger partial charge in [-0.3, -0.25) is 4.79 Å². The van der Waals surface area contributed by atoms with Gasteiger partial charge in [0.2, 0.25) is 11.8 Å². The summed E-state index contributed by atoms with van der Waals surface area (Å²) < 4.78 is 11.0. The number of aromatic nitrogens is 2. The molecule has 108 valence electrons. The first-order valence-corrected chi connectivity index (χ1v) is 7.06. The molecule has 2 aliphatic rings. The third kappa shape index (κ3) is 2.90. The Morgan fingerprint density at radius 1 is 1.40 bits per heavy atom. The minimum Gasteiger partial charge on any atom is -0.471 e. The number of hydrogen-bond acceptors (Lipinski definition) is 5. The van der Waals surface area contributed by atoms with Gasteiger partial charge in [0.25, 0.3) is 0 Å². The van der Waals surface area contributed by atoms with Crippen molar-refractivity contribution in [2.45, 2.75) is 25.9 Å². The number of carbonyl (C=O) groups is 1. The molecule has 2 unspecified atom stereocenters. The third-order valence-electron chi connectivity index (χ3n) is 3.80. The Morgan fingerprint density at radius 2 is 2.30 bits per heavy atom. The second-order valence-corrected chi connectivity index (χ2v) is 5.39. The maximum atomic E-state index is 12.3. The summed E-state index contributed by atoms with van der Waals surface area (Å²) in [7, 11) is 0. The molecule has 0 bridgehead atoms. The van der Waals surface area contributed by atoms with E-state index in [0.29, 0.717) is 25.6 Å². The van der Waals surface area contributed by atoms with Crippen LogP contribution in [0.3, 0.4) is 0 Å². The van der Waals surface area contributed by atoms with Crippen LogP contribution in [0.25, 0.3) is 0 Å². The van der Waals surface area contributed by atoms with Crippen molar-refractivity contribution < 1.29 is 14.3 Å². The fourth-order valence-corrected chi connectivity index (χ4v) is 2.63. The smallest absolute Gasteiger partial charge is 0.233 e. The number of carbonyl (C=O) groups excluding carboxylic acids is 1. The molecule has 0 saturated carbocycles. The lowest BCUT2D eigenvalue weighted by Crippen LogP contribution is -2.36. The van der Waals surface area contributed by atoms with Crippen LogP contribution in [-0.4, -0.2) is 53.4 Å². The van der Waals surface area contributed by atoms with Crippen LogP contribution in [0.1, 0.15) is 18.5 Å². The van der Waals surface area contributed by atoms with Crippen molar-refractivity contribution in [3.05, 3.63) is 17.8 Å². The first-order chi connectivity index (χ1) is 9.72. The van der Waals surface area contributed by atoms with Crippen molar-refractivity contribution in [3.8, 4) is 5.88 Å². The zero-order valence-corrected chi connectivity index (χ0v) is 11.6. The lowest BCUT2D eigenvalue weighted by Gasteiger charge is -2.19. The van der Waals surface area contributed by atoms with E-state index in [2.05, 4.69) is 10.2 Å². The van der Waals surface area contributed by atoms with E-state index in [-0.39, 0.29) is 17.9 Å². The van der Waals surface area contributed by atoms with Gasteiger partial charge in [-0.05, 0) is 19.4 Å². The van der Waals surface area contributed by atoms with Gasteiger partial charge >= 0.3 is 0 Å². The van der Waals surface area contributed by atoms with Crippen molar-refractivity contribution in [2.75, 3.05) is 26.3 Å². The minimum atomic E-state index is 0.0123. The van der Waals surface area contributed by atoms with Crippen molar-refractivity contribution in [2.24, 2.45) is 5.92 Å². The van der Waals surface area contributed by atoms with Gasteiger partial charge in [-0.1, -0.05) is 0 Å². The van der Waals surface area contributed by atoms with Crippen molar-refractivity contribution in [3.63, 3.8) is 0 Å². The van der Waals surface area contributed by atoms with Crippen LogP contribution in [0.4, 0.5) is 0 Å². The highest BCUT2D eigenvalue weighted by Gasteiger charge is 2.33. The van der Waals surface area contributed by atoms with E-state index in [1.54, 1.807) is 0 Å². The monoisotopic (exact) mass is 277 g/mol. The summed E-state index contributed by atoms with van der Waals surface area (Å²) >= 11 is 0. The first kappa shape index (κ1) is 13.3. The minimum absolute atomic E-state index is 0.0123. The van der Waals surface area contributed by atoms with Crippen LogP contribution in [0, 0.1) is 12.8 Å². The van der Waals surface area contributed by atoms with E-state index < -0.39 is 0 Å². The largest absolute Gasteiger partial charge is 0.471 e. The maximum absolute atomic E-state index is 12.3. The van der Waals surface area contributed by atoms with Gasteiger partial charge in [0.1, 0.15) is 6.10 Å². The molecule has 2 aliphatic heterocycles. The predicted octanol–water partition coefficient (Wildman–Crippen LogP) is 0.801. The second kappa shape index (κ2) is 5.75. The van der Waals surface area contributed by atoms with Crippen LogP contribution >= 0.6 is 0 Å². The number of rotatable bonds is 3. The lowest BCUT2D eigenvalue weighted by atomic mass is 10.1. The molecule has 3 rings (SSSR count). The van der Waals surface area contributed by atoms with Gasteiger partial charge in [-0.25, -0.2) is 0 Å². The highest BCUT2D eigenvalue weighted by atomic mass is 16.5. The summed E-state index contributed by atoms with van der Waals surface area (Å²) in [6.45, 7) is 4.52. The van der Waals surface area contributed by atoms with E-state index in [9.17, 15) is 4.79 Å². The van der Waals surface area contributed by atoms with E-state index in [4.69, 9.17) is 9.47 Å². The number of ether oxygens (including phenoxy) is 2. The number of aryl methyl sites for hydroxylation is 1. The molecule has 2 fully saturated rings. The molecule has 2 atom stereocenters. The number of amides is 1. The highest BCUT2D eigenvalue weighted by Crippen LogP contribution is 2.21. The average Bonchev–Trinajstić information content (AvgIpc) is 3.12. The molecule has 6 heteroatoms. The molecule has 0 spiro atoms. The molecular formula is C14H19N3O3. The number of nitrogens with zero attached hydrogens (tertiary/aromatic N) is 3. The molecule has 0 aliphatic carbocycles. The summed E-state index contributed by atoms with van der Waals surface area (Å²) in [5.41, 5.74) is 0.863. The van der Waals surface area contributed by atoms with Gasteiger partial charge in [0.05, 0.1) is 24.8 Å². The van der Waals surface area contributed by atoms with Crippen LogP contribution in [0.15, 0.2) is 12.1 Å². The molecule has 20 heavy (non-hydrogen) atoms. The van der Waals surface area contributed by atoms with Crippen LogP contribution in [0.5, 0.6) is 5.88 Å². The fourth-order valence-electron chi connectivity index (χ4n) is 2.63. The SMILES string of the molecule is Cc1ccc(OC2CCN(C(=O)C3CCOC3)C2)nn1. The second-order valence-electron chi connectivity index (χ2n) is 5.39. The van der Waals surface area contributed by atoms with E-state index in [0.717, 1.165) is 25.1 Å². The normalized spacial score (nSPS) is 25.9. The Morgan fingerprint density at radius 3 is 3.00 bits per heavy atom. The van der Waals surface area contributed by atoms with Gasteiger partial charge in [0.15, 0.2) is 0 Å². The molecule has 0 radical (unpaired) electrons. The number of hydrogen-bond donors (Lipinski definition) is 0. The van der Waals surface area contributed by atoms with Gasteiger partial charge < -0.3 is 14.4 Å². The van der Waals surface area contributed by atoms with Gasteiger partial charge in [-0.2, -0.15) is 5.10 Å². The summed E-state index contributed by atoms with van der Waals surface area (Å²) in [5.74, 6) is 0.760. The first-order valence-electron chi connectivity index (χ1n) is 7.06. The van der Waals surface area contributed by atoms with E-state index >= 15 is 0 Å². The molecule has 1 aromatic heterocycles. The standard InChI is InChI=1S/C14H19N3O3/c1-10-2-3-13(16-15-10)20-12-4-6-17(8-12)14(18)11-5-7-19-9-11/h2-3,11-12H,4-9H2,1H3. The summed E-state index contributed by atoms with van der Waals surface area (Å²) in [6, 6.07) is 3.69. The lowest BCUT2D eigenvalue weighted by molar-refractivity contribution is -0.134. The molecule has 0 aromatic carbocycles. The average molecular weight is 277 g/mol. The van der Waals surface area contributed by atoms with Crippen LogP contribution < -0.4 is 4.74 Å². The van der Waals surface area contributed by atoms with E-state index in [1.807, 2.05) is 24.0 Å². The Labute approximate surface area is 118 Å². The van der Waals surface area contributed by atoms with Crippen molar-refractivity contribution in [1.29, 1.82) is 0 Å². The maximum Gasteiger partial charge on any atom is 0.233 e. The molecule has 0 N–H and O–H groups in total. The molecule has 1 aromatic rings. The zero-order valence-electron chi connectivity index (χ0n) is 11.6. The Balaban J connectivity index is 1.54. The topological polar surface area (TPSA) is 64.5 Å². The molecule has 3 heterocycles. The van der Waals surface area contributed by atoms with Crippen molar-refractivity contribution in [1.82, 2.24) is 15.1 Å². The Bertz CT molecular complexity index is 471. The number of likely N-dealkylation sites (tertiary alicyclic amines) is 1. The van der Waals surface area contributed by atoms with Crippen LogP contribution in [-0.2, 0) is 9.53 Å². The Kier molecular flexibility index (Phi) is 3.82. The molecular weight excluding hydrogens is 258 g/mol.